The van der Waals surface area contributed by atoms with E-state index in [9.17, 15) is 4.79 Å². The van der Waals surface area contributed by atoms with Crippen molar-refractivity contribution in [3.8, 4) is 0 Å². The lowest BCUT2D eigenvalue weighted by Gasteiger charge is -2.21. The number of hydrogen-bond donors (Lipinski definition) is 1. The van der Waals surface area contributed by atoms with E-state index in [1.807, 2.05) is 11.6 Å². The summed E-state index contributed by atoms with van der Waals surface area (Å²) in [5.74, 6) is -0.223. The fourth-order valence-corrected chi connectivity index (χ4v) is 1.90. The summed E-state index contributed by atoms with van der Waals surface area (Å²) in [5, 5.41) is 7.13. The summed E-state index contributed by atoms with van der Waals surface area (Å²) in [6, 6.07) is 5.35. The molecular weight excluding hydrogens is 240 g/mol. The average molecular weight is 258 g/mol. The van der Waals surface area contributed by atoms with Gasteiger partial charge in [0.05, 0.1) is 17.4 Å². The number of nitrogens with one attached hydrogen (secondary N) is 1. The van der Waals surface area contributed by atoms with Gasteiger partial charge in [-0.2, -0.15) is 5.10 Å². The van der Waals surface area contributed by atoms with Gasteiger partial charge in [-0.15, -0.1) is 0 Å². The maximum atomic E-state index is 12.1. The number of carbonyl (C=O) groups excluding carboxylic acids is 1. The Morgan fingerprint density at radius 1 is 1.37 bits per heavy atom. The minimum Gasteiger partial charge on any atom is -0.319 e. The Morgan fingerprint density at radius 2 is 2.11 bits per heavy atom. The minimum absolute atomic E-state index is 0.142. The molecule has 0 bridgehead atoms. The second-order valence-electron chi connectivity index (χ2n) is 5.45. The molecule has 100 valence electrons. The van der Waals surface area contributed by atoms with Gasteiger partial charge >= 0.3 is 0 Å². The zero-order valence-electron chi connectivity index (χ0n) is 11.6. The number of nitrogens with zero attached hydrogens (tertiary/aromatic N) is 3. The van der Waals surface area contributed by atoms with Crippen molar-refractivity contribution in [1.29, 1.82) is 0 Å². The van der Waals surface area contributed by atoms with Crippen molar-refractivity contribution in [1.82, 2.24) is 14.8 Å². The van der Waals surface area contributed by atoms with E-state index in [1.165, 1.54) is 0 Å². The molecular formula is C14H18N4O. The first-order valence-electron chi connectivity index (χ1n) is 6.16. The largest absolute Gasteiger partial charge is 0.319 e. The van der Waals surface area contributed by atoms with Crippen molar-refractivity contribution < 1.29 is 4.79 Å². The van der Waals surface area contributed by atoms with Crippen LogP contribution < -0.4 is 5.32 Å². The van der Waals surface area contributed by atoms with Crippen LogP contribution in [0.25, 0.3) is 0 Å². The Bertz CT molecular complexity index is 581. The molecule has 0 radical (unpaired) electrons. The van der Waals surface area contributed by atoms with Gasteiger partial charge in [-0.25, -0.2) is 0 Å². The first-order valence-corrected chi connectivity index (χ1v) is 6.16. The molecule has 0 aliphatic heterocycles. The molecule has 0 atom stereocenters. The fourth-order valence-electron chi connectivity index (χ4n) is 1.90. The lowest BCUT2D eigenvalue weighted by atomic mass is 10.1. The van der Waals surface area contributed by atoms with Gasteiger partial charge in [-0.3, -0.25) is 14.5 Å². The molecule has 1 amide bonds. The Kier molecular flexibility index (Phi) is 3.38. The average Bonchev–Trinajstić information content (AvgIpc) is 2.72. The standard InChI is InChI=1S/C14H18N4O/c1-10-8-12(17-18(10)14(2,3)4)13(19)16-11-6-5-7-15-9-11/h5-9H,1-4H3,(H,16,19). The number of aromatic nitrogens is 3. The monoisotopic (exact) mass is 258 g/mol. The molecule has 0 saturated heterocycles. The summed E-state index contributed by atoms with van der Waals surface area (Å²) < 4.78 is 1.85. The van der Waals surface area contributed by atoms with Crippen LogP contribution in [0.5, 0.6) is 0 Å². The predicted molar refractivity (Wildman–Crippen MR) is 74.2 cm³/mol. The molecule has 2 aromatic rings. The van der Waals surface area contributed by atoms with Crippen LogP contribution in [-0.2, 0) is 5.54 Å². The highest BCUT2D eigenvalue weighted by Gasteiger charge is 2.20. The smallest absolute Gasteiger partial charge is 0.276 e. The first kappa shape index (κ1) is 13.3. The van der Waals surface area contributed by atoms with Crippen LogP contribution in [0.3, 0.4) is 0 Å². The number of rotatable bonds is 2. The SMILES string of the molecule is Cc1cc(C(=O)Nc2cccnc2)nn1C(C)(C)C. The van der Waals surface area contributed by atoms with Crippen molar-refractivity contribution in [2.24, 2.45) is 0 Å². The second kappa shape index (κ2) is 4.84. The van der Waals surface area contributed by atoms with Gasteiger partial charge in [0, 0.05) is 11.9 Å². The summed E-state index contributed by atoms with van der Waals surface area (Å²) in [6.45, 7) is 8.10. The van der Waals surface area contributed by atoms with Gasteiger partial charge in [0.15, 0.2) is 5.69 Å². The number of carbonyl (C=O) groups is 1. The summed E-state index contributed by atoms with van der Waals surface area (Å²) >= 11 is 0. The number of hydrogen-bond acceptors (Lipinski definition) is 3. The molecule has 1 N–H and O–H groups in total. The Morgan fingerprint density at radius 3 is 2.63 bits per heavy atom. The number of aryl methyl sites for hydroxylation is 1. The fraction of sp³-hybridized carbons (Fsp3) is 0.357. The molecule has 0 saturated carbocycles. The van der Waals surface area contributed by atoms with Crippen LogP contribution in [0, 0.1) is 6.92 Å². The molecule has 2 aromatic heterocycles. The lowest BCUT2D eigenvalue weighted by molar-refractivity contribution is 0.102. The van der Waals surface area contributed by atoms with Gasteiger partial charge in [-0.1, -0.05) is 0 Å². The van der Waals surface area contributed by atoms with E-state index in [4.69, 9.17) is 0 Å². The third-order valence-electron chi connectivity index (χ3n) is 2.67. The lowest BCUT2D eigenvalue weighted by Crippen LogP contribution is -2.25. The van der Waals surface area contributed by atoms with Crippen LogP contribution >= 0.6 is 0 Å². The molecule has 5 heteroatoms. The minimum atomic E-state index is -0.223. The van der Waals surface area contributed by atoms with Crippen LogP contribution in [0.2, 0.25) is 0 Å². The molecule has 0 unspecified atom stereocenters. The molecule has 5 nitrogen and oxygen atoms in total. The van der Waals surface area contributed by atoms with E-state index in [0.717, 1.165) is 5.69 Å². The molecule has 0 aromatic carbocycles. The third-order valence-corrected chi connectivity index (χ3v) is 2.67. The van der Waals surface area contributed by atoms with Crippen molar-refractivity contribution in [3.63, 3.8) is 0 Å². The van der Waals surface area contributed by atoms with E-state index in [0.29, 0.717) is 11.4 Å². The Balaban J connectivity index is 2.21. The van der Waals surface area contributed by atoms with Gasteiger partial charge < -0.3 is 5.32 Å². The first-order chi connectivity index (χ1) is 8.88. The van der Waals surface area contributed by atoms with E-state index < -0.39 is 0 Å². The van der Waals surface area contributed by atoms with Gasteiger partial charge in [0.2, 0.25) is 0 Å². The normalized spacial score (nSPS) is 11.4. The van der Waals surface area contributed by atoms with Crippen LogP contribution in [-0.4, -0.2) is 20.7 Å². The molecule has 2 rings (SSSR count). The van der Waals surface area contributed by atoms with Gasteiger partial charge in [0.25, 0.3) is 5.91 Å². The quantitative estimate of drug-likeness (QED) is 0.900. The second-order valence-corrected chi connectivity index (χ2v) is 5.45. The van der Waals surface area contributed by atoms with Crippen molar-refractivity contribution in [3.05, 3.63) is 42.0 Å². The topological polar surface area (TPSA) is 59.8 Å². The maximum absolute atomic E-state index is 12.1. The Labute approximate surface area is 112 Å². The number of anilines is 1. The van der Waals surface area contributed by atoms with E-state index >= 15 is 0 Å². The van der Waals surface area contributed by atoms with E-state index in [-0.39, 0.29) is 11.4 Å². The van der Waals surface area contributed by atoms with E-state index in [1.54, 1.807) is 30.6 Å². The van der Waals surface area contributed by atoms with Crippen molar-refractivity contribution >= 4 is 11.6 Å². The highest BCUT2D eigenvalue weighted by molar-refractivity contribution is 6.02. The summed E-state index contributed by atoms with van der Waals surface area (Å²) in [4.78, 5) is 16.0. The molecule has 0 aliphatic rings. The van der Waals surface area contributed by atoms with Crippen molar-refractivity contribution in [2.75, 3.05) is 5.32 Å². The highest BCUT2D eigenvalue weighted by atomic mass is 16.1. The zero-order valence-corrected chi connectivity index (χ0v) is 11.6. The van der Waals surface area contributed by atoms with E-state index in [2.05, 4.69) is 36.2 Å². The van der Waals surface area contributed by atoms with Gasteiger partial charge in [-0.05, 0) is 45.9 Å². The Hall–Kier alpha value is -2.17. The number of amides is 1. The molecule has 0 spiro atoms. The van der Waals surface area contributed by atoms with Crippen LogP contribution in [0.1, 0.15) is 37.0 Å². The maximum Gasteiger partial charge on any atom is 0.276 e. The highest BCUT2D eigenvalue weighted by Crippen LogP contribution is 2.17. The molecule has 19 heavy (non-hydrogen) atoms. The summed E-state index contributed by atoms with van der Waals surface area (Å²) in [7, 11) is 0. The summed E-state index contributed by atoms with van der Waals surface area (Å²) in [6.07, 6.45) is 3.26. The zero-order chi connectivity index (χ0) is 14.0. The van der Waals surface area contributed by atoms with Crippen LogP contribution in [0.4, 0.5) is 5.69 Å². The molecule has 0 fully saturated rings. The molecule has 2 heterocycles. The van der Waals surface area contributed by atoms with Gasteiger partial charge in [0.1, 0.15) is 0 Å². The number of pyridine rings is 1. The van der Waals surface area contributed by atoms with Crippen LogP contribution in [0.15, 0.2) is 30.6 Å². The summed E-state index contributed by atoms with van der Waals surface area (Å²) in [5.41, 5.74) is 1.90. The predicted octanol–water partition coefficient (Wildman–Crippen LogP) is 2.59. The third kappa shape index (κ3) is 2.99. The molecule has 0 aliphatic carbocycles. The van der Waals surface area contributed by atoms with Crippen molar-refractivity contribution in [2.45, 2.75) is 33.2 Å².